The number of hydrogen-bond donors (Lipinski definition) is 1. The molecule has 1 heterocycles. The van der Waals surface area contributed by atoms with E-state index in [-0.39, 0.29) is 11.9 Å². The number of hydrogen-bond acceptors (Lipinski definition) is 4. The van der Waals surface area contributed by atoms with Gasteiger partial charge in [0, 0.05) is 17.5 Å². The molecule has 0 bridgehead atoms. The highest BCUT2D eigenvalue weighted by molar-refractivity contribution is 6.31. The Bertz CT molecular complexity index is 542. The summed E-state index contributed by atoms with van der Waals surface area (Å²) in [6.07, 6.45) is 0.405. The van der Waals surface area contributed by atoms with E-state index < -0.39 is 0 Å². The van der Waals surface area contributed by atoms with E-state index in [0.717, 1.165) is 5.56 Å². The van der Waals surface area contributed by atoms with Crippen LogP contribution in [0.2, 0.25) is 5.02 Å². The van der Waals surface area contributed by atoms with Crippen LogP contribution in [0.25, 0.3) is 0 Å². The molecular formula is C12H13ClFN3O. The van der Waals surface area contributed by atoms with E-state index in [1.54, 1.807) is 6.07 Å². The van der Waals surface area contributed by atoms with Crippen LogP contribution in [0.5, 0.6) is 0 Å². The summed E-state index contributed by atoms with van der Waals surface area (Å²) in [5, 5.41) is 7.19. The van der Waals surface area contributed by atoms with E-state index in [2.05, 4.69) is 15.5 Å². The molecule has 96 valence electrons. The fourth-order valence-electron chi connectivity index (χ4n) is 1.47. The Hall–Kier alpha value is -1.62. The van der Waals surface area contributed by atoms with Crippen LogP contribution < -0.4 is 5.32 Å². The van der Waals surface area contributed by atoms with Crippen LogP contribution in [0.4, 0.5) is 10.4 Å². The van der Waals surface area contributed by atoms with Crippen LogP contribution in [-0.4, -0.2) is 16.2 Å². The second kappa shape index (κ2) is 5.35. The molecule has 0 aliphatic heterocycles. The van der Waals surface area contributed by atoms with Crippen molar-refractivity contribution < 1.29 is 8.91 Å². The van der Waals surface area contributed by atoms with Gasteiger partial charge in [-0.25, -0.2) is 4.39 Å². The van der Waals surface area contributed by atoms with Gasteiger partial charge in [-0.1, -0.05) is 22.8 Å². The van der Waals surface area contributed by atoms with E-state index >= 15 is 0 Å². The van der Waals surface area contributed by atoms with Gasteiger partial charge in [0.1, 0.15) is 5.82 Å². The van der Waals surface area contributed by atoms with Crippen molar-refractivity contribution >= 4 is 17.6 Å². The predicted octanol–water partition coefficient (Wildman–Crippen LogP) is 3.27. The molecule has 1 N–H and O–H groups in total. The number of nitrogens with one attached hydrogen (secondary N) is 1. The molecule has 1 aromatic carbocycles. The van der Waals surface area contributed by atoms with Crippen molar-refractivity contribution in [2.24, 2.45) is 0 Å². The Morgan fingerprint density at radius 3 is 2.89 bits per heavy atom. The van der Waals surface area contributed by atoms with Crippen LogP contribution in [0.1, 0.15) is 25.2 Å². The van der Waals surface area contributed by atoms with Crippen molar-refractivity contribution in [2.45, 2.75) is 26.3 Å². The van der Waals surface area contributed by atoms with E-state index in [9.17, 15) is 4.39 Å². The quantitative estimate of drug-likeness (QED) is 0.925. The third-order valence-corrected chi connectivity index (χ3v) is 2.60. The highest BCUT2D eigenvalue weighted by Crippen LogP contribution is 2.20. The normalized spacial score (nSPS) is 10.9. The van der Waals surface area contributed by atoms with Gasteiger partial charge in [0.25, 0.3) is 0 Å². The van der Waals surface area contributed by atoms with Gasteiger partial charge in [-0.2, -0.15) is 4.98 Å². The second-order valence-corrected chi connectivity index (χ2v) is 4.63. The van der Waals surface area contributed by atoms with Gasteiger partial charge in [0.2, 0.25) is 0 Å². The van der Waals surface area contributed by atoms with Gasteiger partial charge >= 0.3 is 6.01 Å². The number of aromatic nitrogens is 2. The highest BCUT2D eigenvalue weighted by Gasteiger charge is 2.10. The summed E-state index contributed by atoms with van der Waals surface area (Å²) in [7, 11) is 0. The van der Waals surface area contributed by atoms with Crippen molar-refractivity contribution in [1.29, 1.82) is 0 Å². The zero-order chi connectivity index (χ0) is 13.1. The summed E-state index contributed by atoms with van der Waals surface area (Å²) < 4.78 is 17.9. The summed E-state index contributed by atoms with van der Waals surface area (Å²) in [6.45, 7) is 3.95. The Labute approximate surface area is 109 Å². The van der Waals surface area contributed by atoms with Gasteiger partial charge in [0.05, 0.1) is 0 Å². The van der Waals surface area contributed by atoms with E-state index in [1.807, 2.05) is 13.8 Å². The molecule has 2 aromatic rings. The Morgan fingerprint density at radius 1 is 1.44 bits per heavy atom. The van der Waals surface area contributed by atoms with Crippen molar-refractivity contribution in [3.8, 4) is 0 Å². The van der Waals surface area contributed by atoms with E-state index in [0.29, 0.717) is 23.3 Å². The maximum Gasteiger partial charge on any atom is 0.321 e. The van der Waals surface area contributed by atoms with Crippen molar-refractivity contribution in [2.75, 3.05) is 5.32 Å². The first kappa shape index (κ1) is 12.8. The van der Waals surface area contributed by atoms with E-state index in [1.165, 1.54) is 12.1 Å². The molecule has 2 rings (SSSR count). The lowest BCUT2D eigenvalue weighted by Crippen LogP contribution is -2.09. The monoisotopic (exact) mass is 269 g/mol. The maximum absolute atomic E-state index is 12.9. The summed E-state index contributed by atoms with van der Waals surface area (Å²) in [6, 6.07) is 4.83. The molecule has 0 saturated carbocycles. The minimum atomic E-state index is -0.362. The maximum atomic E-state index is 12.9. The van der Waals surface area contributed by atoms with Crippen molar-refractivity contribution in [1.82, 2.24) is 10.1 Å². The van der Waals surface area contributed by atoms with Crippen LogP contribution >= 0.6 is 11.6 Å². The zero-order valence-electron chi connectivity index (χ0n) is 10.1. The molecule has 0 saturated heterocycles. The average molecular weight is 270 g/mol. The standard InChI is InChI=1S/C12H13ClFN3O/c1-7(2)15-12-16-11(17-18-12)5-8-3-4-9(14)6-10(8)13/h3-4,6-7H,5H2,1-2H3,(H,15,16,17). The summed E-state index contributed by atoms with van der Waals surface area (Å²) >= 11 is 5.93. The van der Waals surface area contributed by atoms with Gasteiger partial charge < -0.3 is 9.84 Å². The lowest BCUT2D eigenvalue weighted by atomic mass is 10.1. The molecule has 0 fully saturated rings. The summed E-state index contributed by atoms with van der Waals surface area (Å²) in [4.78, 5) is 4.17. The van der Waals surface area contributed by atoms with Gasteiger partial charge in [-0.15, -0.1) is 0 Å². The molecule has 0 aliphatic rings. The first-order valence-corrected chi connectivity index (χ1v) is 5.95. The molecule has 0 radical (unpaired) electrons. The van der Waals surface area contributed by atoms with Crippen molar-refractivity contribution in [3.05, 3.63) is 40.4 Å². The number of rotatable bonds is 4. The molecule has 0 atom stereocenters. The molecule has 18 heavy (non-hydrogen) atoms. The lowest BCUT2D eigenvalue weighted by molar-refractivity contribution is 0.421. The Balaban J connectivity index is 2.11. The smallest absolute Gasteiger partial charge is 0.321 e. The SMILES string of the molecule is CC(C)Nc1nc(Cc2ccc(F)cc2Cl)no1. The fourth-order valence-corrected chi connectivity index (χ4v) is 1.70. The van der Waals surface area contributed by atoms with E-state index in [4.69, 9.17) is 16.1 Å². The van der Waals surface area contributed by atoms with Crippen LogP contribution in [0.3, 0.4) is 0 Å². The summed E-state index contributed by atoms with van der Waals surface area (Å²) in [5.41, 5.74) is 0.759. The predicted molar refractivity (Wildman–Crippen MR) is 67.3 cm³/mol. The zero-order valence-corrected chi connectivity index (χ0v) is 10.8. The Kier molecular flexibility index (Phi) is 3.81. The molecule has 1 aromatic heterocycles. The first-order chi connectivity index (χ1) is 8.54. The fraction of sp³-hybridized carbons (Fsp3) is 0.333. The first-order valence-electron chi connectivity index (χ1n) is 5.57. The molecule has 0 spiro atoms. The topological polar surface area (TPSA) is 51.0 Å². The third-order valence-electron chi connectivity index (χ3n) is 2.24. The number of nitrogens with zero attached hydrogens (tertiary/aromatic N) is 2. The molecule has 6 heteroatoms. The Morgan fingerprint density at radius 2 is 2.22 bits per heavy atom. The molecule has 4 nitrogen and oxygen atoms in total. The minimum absolute atomic E-state index is 0.215. The number of anilines is 1. The lowest BCUT2D eigenvalue weighted by Gasteiger charge is -2.02. The number of halogens is 2. The summed E-state index contributed by atoms with van der Waals surface area (Å²) in [5.74, 6) is 0.144. The van der Waals surface area contributed by atoms with Gasteiger partial charge in [-0.3, -0.25) is 0 Å². The average Bonchev–Trinajstić information content (AvgIpc) is 2.69. The molecule has 0 unspecified atom stereocenters. The second-order valence-electron chi connectivity index (χ2n) is 4.23. The molecule has 0 amide bonds. The number of benzene rings is 1. The van der Waals surface area contributed by atoms with Crippen LogP contribution in [0.15, 0.2) is 22.7 Å². The van der Waals surface area contributed by atoms with Gasteiger partial charge in [-0.05, 0) is 31.5 Å². The van der Waals surface area contributed by atoms with Gasteiger partial charge in [0.15, 0.2) is 5.82 Å². The molecule has 0 aliphatic carbocycles. The highest BCUT2D eigenvalue weighted by atomic mass is 35.5. The minimum Gasteiger partial charge on any atom is -0.336 e. The van der Waals surface area contributed by atoms with Crippen molar-refractivity contribution in [3.63, 3.8) is 0 Å². The largest absolute Gasteiger partial charge is 0.336 e. The molecular weight excluding hydrogens is 257 g/mol. The third kappa shape index (κ3) is 3.20. The van der Waals surface area contributed by atoms with Crippen LogP contribution in [-0.2, 0) is 6.42 Å². The van der Waals surface area contributed by atoms with Crippen LogP contribution in [0, 0.1) is 5.82 Å².